The summed E-state index contributed by atoms with van der Waals surface area (Å²) in [5, 5.41) is 3.09. The quantitative estimate of drug-likeness (QED) is 0.713. The van der Waals surface area contributed by atoms with Crippen LogP contribution in [-0.4, -0.2) is 44.1 Å². The van der Waals surface area contributed by atoms with Gasteiger partial charge in [-0.15, -0.1) is 0 Å². The van der Waals surface area contributed by atoms with Gasteiger partial charge in [0, 0.05) is 44.8 Å². The number of piperidine rings is 1. The van der Waals surface area contributed by atoms with Crippen molar-refractivity contribution in [3.8, 4) is 0 Å². The van der Waals surface area contributed by atoms with E-state index in [-0.39, 0.29) is 11.8 Å². The number of anilines is 2. The number of para-hydroxylation sites is 3. The van der Waals surface area contributed by atoms with E-state index in [1.807, 2.05) is 49.5 Å². The predicted molar refractivity (Wildman–Crippen MR) is 112 cm³/mol. The van der Waals surface area contributed by atoms with Crippen LogP contribution < -0.4 is 15.1 Å². The molecular weight excluding hydrogens is 352 g/mol. The zero-order valence-corrected chi connectivity index (χ0v) is 16.2. The van der Waals surface area contributed by atoms with Crippen LogP contribution in [0.3, 0.4) is 0 Å². The molecule has 1 N–H and O–H groups in total. The van der Waals surface area contributed by atoms with Crippen molar-refractivity contribution in [2.24, 2.45) is 5.92 Å². The van der Waals surface area contributed by atoms with E-state index in [1.165, 1.54) is 0 Å². The van der Waals surface area contributed by atoms with Gasteiger partial charge in [-0.3, -0.25) is 4.79 Å². The molecule has 0 atom stereocenters. The zero-order chi connectivity index (χ0) is 19.3. The third-order valence-corrected chi connectivity index (χ3v) is 5.36. The first kappa shape index (κ1) is 18.3. The Morgan fingerprint density at radius 2 is 1.86 bits per heavy atom. The number of fused-ring (bicyclic) bond motifs is 1. The molecule has 2 aromatic carbocycles. The second-order valence-corrected chi connectivity index (χ2v) is 7.27. The van der Waals surface area contributed by atoms with Crippen molar-refractivity contribution in [2.45, 2.75) is 12.8 Å². The Balaban J connectivity index is 1.23. The summed E-state index contributed by atoms with van der Waals surface area (Å²) in [5.41, 5.74) is 2.84. The SMILES string of the molecule is CN(CCNC(=O)C1CCN(c2nc3ccccc3o2)CC1)c1ccccc1. The van der Waals surface area contributed by atoms with Crippen LogP contribution >= 0.6 is 0 Å². The van der Waals surface area contributed by atoms with Gasteiger partial charge < -0.3 is 19.5 Å². The monoisotopic (exact) mass is 378 g/mol. The third kappa shape index (κ3) is 4.11. The Morgan fingerprint density at radius 3 is 2.61 bits per heavy atom. The lowest BCUT2D eigenvalue weighted by molar-refractivity contribution is -0.125. The smallest absolute Gasteiger partial charge is 0.298 e. The van der Waals surface area contributed by atoms with Crippen molar-refractivity contribution in [2.75, 3.05) is 43.0 Å². The van der Waals surface area contributed by atoms with Crippen LogP contribution in [0.1, 0.15) is 12.8 Å². The molecule has 1 aliphatic rings. The Bertz CT molecular complexity index is 883. The van der Waals surface area contributed by atoms with Gasteiger partial charge >= 0.3 is 0 Å². The number of aromatic nitrogens is 1. The summed E-state index contributed by atoms with van der Waals surface area (Å²) in [4.78, 5) is 21.4. The fraction of sp³-hybridized carbons (Fsp3) is 0.364. The summed E-state index contributed by atoms with van der Waals surface area (Å²) >= 11 is 0. The lowest BCUT2D eigenvalue weighted by Gasteiger charge is -2.30. The highest BCUT2D eigenvalue weighted by molar-refractivity contribution is 5.79. The van der Waals surface area contributed by atoms with Gasteiger partial charge in [0.25, 0.3) is 6.01 Å². The van der Waals surface area contributed by atoms with Gasteiger partial charge in [0.1, 0.15) is 5.52 Å². The lowest BCUT2D eigenvalue weighted by Crippen LogP contribution is -2.42. The van der Waals surface area contributed by atoms with E-state index in [9.17, 15) is 4.79 Å². The molecule has 0 radical (unpaired) electrons. The van der Waals surface area contributed by atoms with Crippen LogP contribution in [0, 0.1) is 5.92 Å². The number of benzene rings is 2. The number of carbonyl (C=O) groups excluding carboxylic acids is 1. The molecule has 146 valence electrons. The number of hydrogen-bond donors (Lipinski definition) is 1. The lowest BCUT2D eigenvalue weighted by atomic mass is 9.96. The molecule has 0 bridgehead atoms. The first-order valence-electron chi connectivity index (χ1n) is 9.85. The van der Waals surface area contributed by atoms with Crippen LogP contribution in [0.4, 0.5) is 11.7 Å². The van der Waals surface area contributed by atoms with Gasteiger partial charge in [-0.1, -0.05) is 30.3 Å². The van der Waals surface area contributed by atoms with Gasteiger partial charge in [0.15, 0.2) is 5.58 Å². The molecule has 1 saturated heterocycles. The molecule has 1 aromatic heterocycles. The Kier molecular flexibility index (Phi) is 5.46. The molecular formula is C22H26N4O2. The molecule has 6 heteroatoms. The number of carbonyl (C=O) groups is 1. The van der Waals surface area contributed by atoms with Crippen molar-refractivity contribution >= 4 is 28.7 Å². The molecule has 1 fully saturated rings. The number of nitrogens with one attached hydrogen (secondary N) is 1. The molecule has 1 aliphatic heterocycles. The summed E-state index contributed by atoms with van der Waals surface area (Å²) in [7, 11) is 2.04. The minimum Gasteiger partial charge on any atom is -0.423 e. The highest BCUT2D eigenvalue weighted by Gasteiger charge is 2.27. The number of hydrogen-bond acceptors (Lipinski definition) is 5. The standard InChI is InChI=1S/C22H26N4O2/c1-25(18-7-3-2-4-8-18)16-13-23-21(27)17-11-14-26(15-12-17)22-24-19-9-5-6-10-20(19)28-22/h2-10,17H,11-16H2,1H3,(H,23,27). The van der Waals surface area contributed by atoms with Crippen molar-refractivity contribution in [3.05, 3.63) is 54.6 Å². The van der Waals surface area contributed by atoms with Gasteiger partial charge in [0.05, 0.1) is 0 Å². The van der Waals surface area contributed by atoms with Gasteiger partial charge in [0.2, 0.25) is 5.91 Å². The van der Waals surface area contributed by atoms with E-state index < -0.39 is 0 Å². The highest BCUT2D eigenvalue weighted by Crippen LogP contribution is 2.26. The molecule has 2 heterocycles. The molecule has 4 rings (SSSR count). The minimum absolute atomic E-state index is 0.0580. The normalized spacial score (nSPS) is 15.0. The minimum atomic E-state index is 0.0580. The molecule has 3 aromatic rings. The van der Waals surface area contributed by atoms with Crippen molar-refractivity contribution in [3.63, 3.8) is 0 Å². The van der Waals surface area contributed by atoms with E-state index in [0.717, 1.165) is 49.3 Å². The number of oxazole rings is 1. The number of rotatable bonds is 6. The topological polar surface area (TPSA) is 61.6 Å². The van der Waals surface area contributed by atoms with E-state index in [4.69, 9.17) is 4.42 Å². The molecule has 0 spiro atoms. The number of nitrogens with zero attached hydrogens (tertiary/aromatic N) is 3. The van der Waals surface area contributed by atoms with Crippen LogP contribution in [0.15, 0.2) is 59.0 Å². The predicted octanol–water partition coefficient (Wildman–Crippen LogP) is 3.30. The van der Waals surface area contributed by atoms with Crippen molar-refractivity contribution in [1.82, 2.24) is 10.3 Å². The Morgan fingerprint density at radius 1 is 1.14 bits per heavy atom. The van der Waals surface area contributed by atoms with E-state index in [2.05, 4.69) is 32.2 Å². The summed E-state index contributed by atoms with van der Waals surface area (Å²) in [6, 6.07) is 18.6. The zero-order valence-electron chi connectivity index (χ0n) is 16.2. The molecule has 6 nitrogen and oxygen atoms in total. The fourth-order valence-corrected chi connectivity index (χ4v) is 3.63. The van der Waals surface area contributed by atoms with Crippen LogP contribution in [-0.2, 0) is 4.79 Å². The largest absolute Gasteiger partial charge is 0.423 e. The second kappa shape index (κ2) is 8.33. The third-order valence-electron chi connectivity index (χ3n) is 5.36. The molecule has 0 aliphatic carbocycles. The van der Waals surface area contributed by atoms with E-state index >= 15 is 0 Å². The molecule has 0 unspecified atom stereocenters. The maximum atomic E-state index is 12.5. The highest BCUT2D eigenvalue weighted by atomic mass is 16.4. The van der Waals surface area contributed by atoms with Gasteiger partial charge in [-0.25, -0.2) is 0 Å². The number of amides is 1. The van der Waals surface area contributed by atoms with Gasteiger partial charge in [-0.2, -0.15) is 4.98 Å². The second-order valence-electron chi connectivity index (χ2n) is 7.27. The van der Waals surface area contributed by atoms with E-state index in [0.29, 0.717) is 12.6 Å². The maximum absolute atomic E-state index is 12.5. The Hall–Kier alpha value is -3.02. The Labute approximate surface area is 165 Å². The average molecular weight is 378 g/mol. The first-order chi connectivity index (χ1) is 13.7. The molecule has 28 heavy (non-hydrogen) atoms. The average Bonchev–Trinajstić information content (AvgIpc) is 3.18. The van der Waals surface area contributed by atoms with E-state index in [1.54, 1.807) is 0 Å². The number of likely N-dealkylation sites (N-methyl/N-ethyl adjacent to an activating group) is 1. The van der Waals surface area contributed by atoms with Crippen molar-refractivity contribution < 1.29 is 9.21 Å². The van der Waals surface area contributed by atoms with Crippen LogP contribution in [0.25, 0.3) is 11.1 Å². The van der Waals surface area contributed by atoms with Crippen LogP contribution in [0.5, 0.6) is 0 Å². The maximum Gasteiger partial charge on any atom is 0.298 e. The summed E-state index contributed by atoms with van der Waals surface area (Å²) in [5.74, 6) is 0.210. The van der Waals surface area contributed by atoms with Crippen molar-refractivity contribution in [1.29, 1.82) is 0 Å². The summed E-state index contributed by atoms with van der Waals surface area (Å²) in [6.45, 7) is 3.01. The molecule has 1 amide bonds. The first-order valence-corrected chi connectivity index (χ1v) is 9.85. The van der Waals surface area contributed by atoms with Crippen LogP contribution in [0.2, 0.25) is 0 Å². The molecule has 0 saturated carbocycles. The summed E-state index contributed by atoms with van der Waals surface area (Å²) < 4.78 is 5.85. The van der Waals surface area contributed by atoms with Gasteiger partial charge in [-0.05, 0) is 37.1 Å². The summed E-state index contributed by atoms with van der Waals surface area (Å²) in [6.07, 6.45) is 1.64. The fourth-order valence-electron chi connectivity index (χ4n) is 3.63.